The molecule has 0 saturated carbocycles. The van der Waals surface area contributed by atoms with Crippen molar-refractivity contribution in [2.24, 2.45) is 0 Å². The summed E-state index contributed by atoms with van der Waals surface area (Å²) in [6, 6.07) is 4.12. The third kappa shape index (κ3) is 2.79. The van der Waals surface area contributed by atoms with Crippen molar-refractivity contribution in [3.63, 3.8) is 0 Å². The van der Waals surface area contributed by atoms with Gasteiger partial charge in [0.1, 0.15) is 5.82 Å². The predicted molar refractivity (Wildman–Crippen MR) is 60.8 cm³/mol. The van der Waals surface area contributed by atoms with E-state index in [0.29, 0.717) is 22.6 Å². The molecule has 1 nitrogen and oxygen atoms in total. The zero-order valence-electron chi connectivity index (χ0n) is 8.70. The van der Waals surface area contributed by atoms with E-state index in [1.54, 1.807) is 0 Å². The van der Waals surface area contributed by atoms with Gasteiger partial charge in [0.25, 0.3) is 0 Å². The molecule has 0 aliphatic carbocycles. The minimum atomic E-state index is -0.154. The van der Waals surface area contributed by atoms with Crippen LogP contribution < -0.4 is 5.32 Å². The lowest BCUT2D eigenvalue weighted by Crippen LogP contribution is -2.22. The van der Waals surface area contributed by atoms with Gasteiger partial charge in [0, 0.05) is 18.2 Å². The van der Waals surface area contributed by atoms with Crippen LogP contribution in [0, 0.1) is 12.7 Å². The molecule has 0 aliphatic rings. The molecule has 78 valence electrons. The number of nitrogens with one attached hydrogen (secondary N) is 1. The van der Waals surface area contributed by atoms with Gasteiger partial charge in [-0.05, 0) is 28.4 Å². The van der Waals surface area contributed by atoms with Crippen LogP contribution in [0.1, 0.15) is 25.0 Å². The van der Waals surface area contributed by atoms with E-state index in [1.165, 1.54) is 0 Å². The van der Waals surface area contributed by atoms with Gasteiger partial charge in [0.2, 0.25) is 0 Å². The molecule has 0 aliphatic heterocycles. The summed E-state index contributed by atoms with van der Waals surface area (Å²) < 4.78 is 14.2. The van der Waals surface area contributed by atoms with Crippen LogP contribution in [0.4, 0.5) is 4.39 Å². The quantitative estimate of drug-likeness (QED) is 0.878. The zero-order chi connectivity index (χ0) is 10.7. The Morgan fingerprint density at radius 2 is 2.07 bits per heavy atom. The van der Waals surface area contributed by atoms with E-state index >= 15 is 0 Å². The van der Waals surface area contributed by atoms with E-state index in [2.05, 4.69) is 21.2 Å². The van der Waals surface area contributed by atoms with Crippen LogP contribution in [-0.4, -0.2) is 6.04 Å². The van der Waals surface area contributed by atoms with Gasteiger partial charge in [-0.25, -0.2) is 4.39 Å². The smallest absolute Gasteiger partial charge is 0.142 e. The fourth-order valence-electron chi connectivity index (χ4n) is 1.14. The molecule has 0 fully saturated rings. The van der Waals surface area contributed by atoms with Gasteiger partial charge >= 0.3 is 0 Å². The van der Waals surface area contributed by atoms with Crippen molar-refractivity contribution < 1.29 is 4.39 Å². The zero-order valence-corrected chi connectivity index (χ0v) is 10.3. The van der Waals surface area contributed by atoms with E-state index in [-0.39, 0.29) is 5.82 Å². The first-order valence-corrected chi connectivity index (χ1v) is 5.48. The van der Waals surface area contributed by atoms with Gasteiger partial charge in [-0.15, -0.1) is 0 Å². The monoisotopic (exact) mass is 259 g/mol. The van der Waals surface area contributed by atoms with Gasteiger partial charge in [-0.3, -0.25) is 0 Å². The summed E-state index contributed by atoms with van der Waals surface area (Å²) in [7, 11) is 0. The summed E-state index contributed by atoms with van der Waals surface area (Å²) in [5.41, 5.74) is 1.63. The second-order valence-corrected chi connectivity index (χ2v) is 4.50. The number of rotatable bonds is 3. The van der Waals surface area contributed by atoms with E-state index in [0.717, 1.165) is 5.56 Å². The number of hydrogen-bond donors (Lipinski definition) is 1. The average molecular weight is 260 g/mol. The molecule has 0 aromatic heterocycles. The standard InChI is InChI=1S/C11H15BrFN/c1-7(2)14-6-9-5-4-8(3)10(12)11(9)13/h4-5,7,14H,6H2,1-3H3. The highest BCUT2D eigenvalue weighted by Gasteiger charge is 2.08. The van der Waals surface area contributed by atoms with Gasteiger partial charge < -0.3 is 5.32 Å². The van der Waals surface area contributed by atoms with Gasteiger partial charge in [0.05, 0.1) is 4.47 Å². The Hall–Kier alpha value is -0.410. The molecule has 0 bridgehead atoms. The molecule has 0 amide bonds. The van der Waals surface area contributed by atoms with Crippen molar-refractivity contribution in [1.29, 1.82) is 0 Å². The molecule has 0 spiro atoms. The number of hydrogen-bond acceptors (Lipinski definition) is 1. The van der Waals surface area contributed by atoms with E-state index < -0.39 is 0 Å². The lowest BCUT2D eigenvalue weighted by atomic mass is 10.1. The normalized spacial score (nSPS) is 11.0. The molecule has 3 heteroatoms. The Labute approximate surface area is 92.8 Å². The number of benzene rings is 1. The fourth-order valence-corrected chi connectivity index (χ4v) is 1.52. The first-order chi connectivity index (χ1) is 6.52. The minimum Gasteiger partial charge on any atom is -0.310 e. The highest BCUT2D eigenvalue weighted by molar-refractivity contribution is 9.10. The SMILES string of the molecule is Cc1ccc(CNC(C)C)c(F)c1Br. The molecule has 0 heterocycles. The molecule has 0 saturated heterocycles. The van der Waals surface area contributed by atoms with Crippen LogP contribution in [0.2, 0.25) is 0 Å². The molecule has 0 atom stereocenters. The highest BCUT2D eigenvalue weighted by Crippen LogP contribution is 2.22. The highest BCUT2D eigenvalue weighted by atomic mass is 79.9. The molecule has 1 N–H and O–H groups in total. The topological polar surface area (TPSA) is 12.0 Å². The molecule has 1 aromatic rings. The third-order valence-corrected chi connectivity index (χ3v) is 3.03. The Kier molecular flexibility index (Phi) is 4.08. The summed E-state index contributed by atoms with van der Waals surface area (Å²) in [6.45, 7) is 6.54. The summed E-state index contributed by atoms with van der Waals surface area (Å²) in [4.78, 5) is 0. The van der Waals surface area contributed by atoms with Gasteiger partial charge in [0.15, 0.2) is 0 Å². The lowest BCUT2D eigenvalue weighted by molar-refractivity contribution is 0.549. The van der Waals surface area contributed by atoms with Crippen molar-refractivity contribution in [2.75, 3.05) is 0 Å². The average Bonchev–Trinajstić information content (AvgIpc) is 2.13. The van der Waals surface area contributed by atoms with Crippen LogP contribution in [0.25, 0.3) is 0 Å². The van der Waals surface area contributed by atoms with E-state index in [1.807, 2.05) is 32.9 Å². The van der Waals surface area contributed by atoms with Crippen molar-refractivity contribution in [1.82, 2.24) is 5.32 Å². The van der Waals surface area contributed by atoms with E-state index in [4.69, 9.17) is 0 Å². The van der Waals surface area contributed by atoms with Crippen LogP contribution in [0.5, 0.6) is 0 Å². The summed E-state index contributed by atoms with van der Waals surface area (Å²) >= 11 is 3.23. The second kappa shape index (κ2) is 4.89. The van der Waals surface area contributed by atoms with Crippen LogP contribution in [0.3, 0.4) is 0 Å². The van der Waals surface area contributed by atoms with Crippen molar-refractivity contribution >= 4 is 15.9 Å². The van der Waals surface area contributed by atoms with Gasteiger partial charge in [-0.1, -0.05) is 26.0 Å². The van der Waals surface area contributed by atoms with Crippen LogP contribution in [0.15, 0.2) is 16.6 Å². The maximum Gasteiger partial charge on any atom is 0.142 e. The lowest BCUT2D eigenvalue weighted by Gasteiger charge is -2.10. The Bertz CT molecular complexity index is 323. The number of aryl methyl sites for hydroxylation is 1. The third-order valence-electron chi connectivity index (χ3n) is 2.06. The molecular weight excluding hydrogens is 245 g/mol. The minimum absolute atomic E-state index is 0.154. The molecule has 0 unspecified atom stereocenters. The van der Waals surface area contributed by atoms with Crippen molar-refractivity contribution in [3.8, 4) is 0 Å². The fraction of sp³-hybridized carbons (Fsp3) is 0.455. The van der Waals surface area contributed by atoms with Crippen molar-refractivity contribution in [3.05, 3.63) is 33.5 Å². The first-order valence-electron chi connectivity index (χ1n) is 4.69. The summed E-state index contributed by atoms with van der Waals surface area (Å²) in [6.07, 6.45) is 0. The second-order valence-electron chi connectivity index (χ2n) is 3.71. The number of halogens is 2. The van der Waals surface area contributed by atoms with Crippen molar-refractivity contribution in [2.45, 2.75) is 33.4 Å². The molecule has 14 heavy (non-hydrogen) atoms. The Morgan fingerprint density at radius 1 is 1.43 bits per heavy atom. The summed E-state index contributed by atoms with van der Waals surface area (Å²) in [5.74, 6) is -0.154. The van der Waals surface area contributed by atoms with Gasteiger partial charge in [-0.2, -0.15) is 0 Å². The molecule has 1 rings (SSSR count). The van der Waals surface area contributed by atoms with E-state index in [9.17, 15) is 4.39 Å². The molecular formula is C11H15BrFN. The Morgan fingerprint density at radius 3 is 2.64 bits per heavy atom. The Balaban J connectivity index is 2.83. The van der Waals surface area contributed by atoms with Crippen LogP contribution >= 0.6 is 15.9 Å². The predicted octanol–water partition coefficient (Wildman–Crippen LogP) is 3.39. The summed E-state index contributed by atoms with van der Waals surface area (Å²) in [5, 5.41) is 3.19. The largest absolute Gasteiger partial charge is 0.310 e. The molecule has 1 aromatic carbocycles. The maximum atomic E-state index is 13.6. The molecule has 0 radical (unpaired) electrons. The van der Waals surface area contributed by atoms with Crippen LogP contribution in [-0.2, 0) is 6.54 Å². The first kappa shape index (κ1) is 11.7. The maximum absolute atomic E-state index is 13.6.